The van der Waals surface area contributed by atoms with E-state index in [1.54, 1.807) is 30.3 Å². The molecule has 1 fully saturated rings. The molecule has 0 aromatic heterocycles. The van der Waals surface area contributed by atoms with Crippen LogP contribution in [0.5, 0.6) is 5.75 Å². The summed E-state index contributed by atoms with van der Waals surface area (Å²) < 4.78 is 32.9. The molecule has 36 heavy (non-hydrogen) atoms. The Hall–Kier alpha value is -3.40. The van der Waals surface area contributed by atoms with Crippen LogP contribution in [0.25, 0.3) is 6.08 Å². The zero-order valence-electron chi connectivity index (χ0n) is 18.3. The Bertz CT molecular complexity index is 1380. The smallest absolute Gasteiger partial charge is 0.294 e. The molecule has 11 heteroatoms. The van der Waals surface area contributed by atoms with Gasteiger partial charge in [-0.05, 0) is 65.9 Å². The van der Waals surface area contributed by atoms with E-state index in [1.165, 1.54) is 30.3 Å². The molecule has 0 radical (unpaired) electrons. The molecule has 0 spiro atoms. The summed E-state index contributed by atoms with van der Waals surface area (Å²) >= 11 is 12.4. The number of imide groups is 1. The molecule has 0 unspecified atom stereocenters. The van der Waals surface area contributed by atoms with Crippen molar-refractivity contribution in [1.82, 2.24) is 4.90 Å². The Labute approximate surface area is 218 Å². The number of halogens is 4. The molecule has 1 saturated heterocycles. The summed E-state index contributed by atoms with van der Waals surface area (Å²) in [6, 6.07) is 14.6. The van der Waals surface area contributed by atoms with Crippen molar-refractivity contribution in [3.63, 3.8) is 0 Å². The second kappa shape index (κ2) is 11.1. The van der Waals surface area contributed by atoms with E-state index in [0.29, 0.717) is 23.1 Å². The average molecular weight is 549 g/mol. The second-order valence-corrected chi connectivity index (χ2v) is 9.31. The lowest BCUT2D eigenvalue weighted by atomic mass is 10.2. The molecule has 3 amide bonds. The Morgan fingerprint density at radius 1 is 1.00 bits per heavy atom. The monoisotopic (exact) mass is 548 g/mol. The molecule has 0 saturated carbocycles. The van der Waals surface area contributed by atoms with Gasteiger partial charge < -0.3 is 10.1 Å². The Morgan fingerprint density at radius 2 is 1.78 bits per heavy atom. The summed E-state index contributed by atoms with van der Waals surface area (Å²) in [7, 11) is 0. The average Bonchev–Trinajstić information content (AvgIpc) is 3.08. The van der Waals surface area contributed by atoms with Crippen LogP contribution in [0.15, 0.2) is 65.6 Å². The standard InChI is InChI=1S/C25H16Cl2F2N2O4S/c26-18-5-2-6-20(28)17(18)13-35-16-4-1-3-14(9-16)10-22-24(33)31(25(34)36-22)12-23(32)30-15-7-8-21(29)19(27)11-15/h1-11H,12-13H2,(H,30,32)/b22-10+. The van der Waals surface area contributed by atoms with Gasteiger partial charge in [0.25, 0.3) is 11.1 Å². The second-order valence-electron chi connectivity index (χ2n) is 7.51. The fraction of sp³-hybridized carbons (Fsp3) is 0.0800. The van der Waals surface area contributed by atoms with Gasteiger partial charge >= 0.3 is 0 Å². The normalized spacial score (nSPS) is 14.4. The maximum atomic E-state index is 14.0. The third-order valence-corrected chi connectivity index (χ3v) is 6.53. The van der Waals surface area contributed by atoms with Crippen LogP contribution >= 0.6 is 35.0 Å². The zero-order chi connectivity index (χ0) is 25.8. The van der Waals surface area contributed by atoms with E-state index in [4.69, 9.17) is 27.9 Å². The SMILES string of the molecule is O=C(CN1C(=O)S/C(=C/c2cccc(OCc3c(F)cccc3Cl)c2)C1=O)Nc1ccc(F)c(Cl)c1. The number of carbonyl (C=O) groups is 3. The van der Waals surface area contributed by atoms with Crippen molar-refractivity contribution >= 4 is 63.8 Å². The highest BCUT2D eigenvalue weighted by atomic mass is 35.5. The van der Waals surface area contributed by atoms with E-state index in [2.05, 4.69) is 5.32 Å². The molecule has 4 rings (SSSR count). The zero-order valence-corrected chi connectivity index (χ0v) is 20.6. The van der Waals surface area contributed by atoms with Crippen LogP contribution in [-0.2, 0) is 16.2 Å². The maximum absolute atomic E-state index is 14.0. The molecule has 0 bridgehead atoms. The summed E-state index contributed by atoms with van der Waals surface area (Å²) in [5.74, 6) is -2.01. The third-order valence-electron chi connectivity index (χ3n) is 4.98. The summed E-state index contributed by atoms with van der Waals surface area (Å²) in [6.07, 6.45) is 1.49. The molecule has 184 valence electrons. The van der Waals surface area contributed by atoms with Crippen LogP contribution < -0.4 is 10.1 Å². The van der Waals surface area contributed by atoms with Gasteiger partial charge in [0.1, 0.15) is 30.5 Å². The number of hydrogen-bond acceptors (Lipinski definition) is 5. The molecule has 3 aromatic rings. The van der Waals surface area contributed by atoms with Gasteiger partial charge in [-0.25, -0.2) is 8.78 Å². The number of anilines is 1. The van der Waals surface area contributed by atoms with Crippen molar-refractivity contribution in [3.05, 3.63) is 98.4 Å². The van der Waals surface area contributed by atoms with Crippen molar-refractivity contribution in [2.24, 2.45) is 0 Å². The Morgan fingerprint density at radius 3 is 2.53 bits per heavy atom. The van der Waals surface area contributed by atoms with Gasteiger partial charge in [-0.15, -0.1) is 0 Å². The van der Waals surface area contributed by atoms with Gasteiger partial charge in [-0.1, -0.05) is 41.4 Å². The lowest BCUT2D eigenvalue weighted by molar-refractivity contribution is -0.127. The molecule has 1 N–H and O–H groups in total. The van der Waals surface area contributed by atoms with E-state index in [0.717, 1.165) is 11.0 Å². The number of benzene rings is 3. The summed E-state index contributed by atoms with van der Waals surface area (Å²) in [5, 5.41) is 1.92. The molecule has 1 heterocycles. The van der Waals surface area contributed by atoms with Crippen molar-refractivity contribution in [1.29, 1.82) is 0 Å². The highest BCUT2D eigenvalue weighted by molar-refractivity contribution is 8.18. The highest BCUT2D eigenvalue weighted by Gasteiger charge is 2.36. The molecule has 6 nitrogen and oxygen atoms in total. The van der Waals surface area contributed by atoms with Gasteiger partial charge in [-0.2, -0.15) is 0 Å². The number of thioether (sulfide) groups is 1. The van der Waals surface area contributed by atoms with Crippen LogP contribution in [0, 0.1) is 11.6 Å². The molecule has 1 aliphatic heterocycles. The third kappa shape index (κ3) is 6.04. The quantitative estimate of drug-likeness (QED) is 0.340. The minimum Gasteiger partial charge on any atom is -0.489 e. The minimum absolute atomic E-state index is 0.0974. The van der Waals surface area contributed by atoms with E-state index in [-0.39, 0.29) is 32.8 Å². The first-order valence-electron chi connectivity index (χ1n) is 10.4. The lowest BCUT2D eigenvalue weighted by Gasteiger charge is -2.12. The summed E-state index contributed by atoms with van der Waals surface area (Å²) in [4.78, 5) is 38.4. The largest absolute Gasteiger partial charge is 0.489 e. The van der Waals surface area contributed by atoms with E-state index < -0.39 is 35.2 Å². The van der Waals surface area contributed by atoms with Crippen LogP contribution in [-0.4, -0.2) is 28.5 Å². The fourth-order valence-electron chi connectivity index (χ4n) is 3.23. The van der Waals surface area contributed by atoms with Crippen molar-refractivity contribution < 1.29 is 27.9 Å². The fourth-order valence-corrected chi connectivity index (χ4v) is 4.46. The molecule has 3 aromatic carbocycles. The van der Waals surface area contributed by atoms with Gasteiger partial charge in [0, 0.05) is 11.3 Å². The van der Waals surface area contributed by atoms with E-state index in [9.17, 15) is 23.2 Å². The van der Waals surface area contributed by atoms with Crippen LogP contribution in [0.4, 0.5) is 19.3 Å². The topological polar surface area (TPSA) is 75.7 Å². The molecule has 0 atom stereocenters. The van der Waals surface area contributed by atoms with Gasteiger partial charge in [0.05, 0.1) is 15.0 Å². The van der Waals surface area contributed by atoms with Gasteiger partial charge in [-0.3, -0.25) is 19.3 Å². The lowest BCUT2D eigenvalue weighted by Crippen LogP contribution is -2.36. The Balaban J connectivity index is 1.41. The first kappa shape index (κ1) is 25.7. The summed E-state index contributed by atoms with van der Waals surface area (Å²) in [5.41, 5.74) is 0.998. The number of carbonyl (C=O) groups excluding carboxylic acids is 3. The molecule has 0 aliphatic carbocycles. The Kier molecular flexibility index (Phi) is 7.93. The van der Waals surface area contributed by atoms with E-state index in [1.807, 2.05) is 0 Å². The predicted molar refractivity (Wildman–Crippen MR) is 135 cm³/mol. The molecular weight excluding hydrogens is 533 g/mol. The number of ether oxygens (including phenoxy) is 1. The van der Waals surface area contributed by atoms with Crippen molar-refractivity contribution in [3.8, 4) is 5.75 Å². The van der Waals surface area contributed by atoms with Crippen LogP contribution in [0.3, 0.4) is 0 Å². The van der Waals surface area contributed by atoms with Crippen molar-refractivity contribution in [2.45, 2.75) is 6.61 Å². The van der Waals surface area contributed by atoms with Crippen LogP contribution in [0.1, 0.15) is 11.1 Å². The van der Waals surface area contributed by atoms with Gasteiger partial charge in [0.15, 0.2) is 0 Å². The van der Waals surface area contributed by atoms with E-state index >= 15 is 0 Å². The minimum atomic E-state index is -0.650. The first-order valence-corrected chi connectivity index (χ1v) is 11.9. The highest BCUT2D eigenvalue weighted by Crippen LogP contribution is 2.33. The number of rotatable bonds is 7. The maximum Gasteiger partial charge on any atom is 0.294 e. The number of nitrogens with zero attached hydrogens (tertiary/aromatic N) is 1. The number of hydrogen-bond donors (Lipinski definition) is 1. The first-order chi connectivity index (χ1) is 17.2. The van der Waals surface area contributed by atoms with Crippen molar-refractivity contribution in [2.75, 3.05) is 11.9 Å². The molecule has 1 aliphatic rings. The number of amides is 3. The predicted octanol–water partition coefficient (Wildman–Crippen LogP) is 6.53. The molecular formula is C25H16Cl2F2N2O4S. The summed E-state index contributed by atoms with van der Waals surface area (Å²) in [6.45, 7) is -0.622. The van der Waals surface area contributed by atoms with Gasteiger partial charge in [0.2, 0.25) is 5.91 Å². The van der Waals surface area contributed by atoms with Crippen LogP contribution in [0.2, 0.25) is 10.0 Å². The number of nitrogens with one attached hydrogen (secondary N) is 1.